The Balaban J connectivity index is 1.50. The van der Waals surface area contributed by atoms with Gasteiger partial charge in [-0.3, -0.25) is 9.59 Å². The number of carbonyl (C=O) groups is 2. The summed E-state index contributed by atoms with van der Waals surface area (Å²) in [6, 6.07) is 24.8. The number of nitrogens with one attached hydrogen (secondary N) is 1. The zero-order valence-corrected chi connectivity index (χ0v) is 15.6. The average molecular weight is 370 g/mol. The van der Waals surface area contributed by atoms with Gasteiger partial charge >= 0.3 is 0 Å². The summed E-state index contributed by atoms with van der Waals surface area (Å²) in [4.78, 5) is 27.1. The summed E-state index contributed by atoms with van der Waals surface area (Å²) in [6.45, 7) is 0.709. The maximum absolute atomic E-state index is 12.9. The quantitative estimate of drug-likeness (QED) is 0.737. The van der Waals surface area contributed by atoms with Crippen molar-refractivity contribution < 1.29 is 9.59 Å². The summed E-state index contributed by atoms with van der Waals surface area (Å²) >= 11 is 0. The highest BCUT2D eigenvalue weighted by Crippen LogP contribution is 2.31. The molecule has 1 N–H and O–H groups in total. The number of amides is 2. The second-order valence-corrected chi connectivity index (χ2v) is 6.98. The van der Waals surface area contributed by atoms with E-state index in [0.29, 0.717) is 18.5 Å². The van der Waals surface area contributed by atoms with Gasteiger partial charge in [0, 0.05) is 23.5 Å². The number of hydrogen-bond donors (Lipinski definition) is 1. The van der Waals surface area contributed by atoms with Crippen molar-refractivity contribution in [2.24, 2.45) is 0 Å². The summed E-state index contributed by atoms with van der Waals surface area (Å²) in [6.07, 6.45) is 2.15. The molecule has 1 heterocycles. The standard InChI is InChI=1S/C24H22N2O2/c27-23(16-18-8-3-1-4-9-18)25-21-13-14-22-20(17-21)12-7-15-26(22)24(28)19-10-5-2-6-11-19/h1-6,8-11,13-14,17H,7,12,15-16H2,(H,25,27). The molecule has 3 aromatic carbocycles. The largest absolute Gasteiger partial charge is 0.326 e. The molecule has 0 saturated heterocycles. The molecular weight excluding hydrogens is 348 g/mol. The number of hydrogen-bond acceptors (Lipinski definition) is 2. The van der Waals surface area contributed by atoms with E-state index in [1.807, 2.05) is 83.8 Å². The average Bonchev–Trinajstić information content (AvgIpc) is 2.74. The smallest absolute Gasteiger partial charge is 0.258 e. The van der Waals surface area contributed by atoms with Gasteiger partial charge in [-0.05, 0) is 54.3 Å². The van der Waals surface area contributed by atoms with Crippen molar-refractivity contribution in [3.05, 3.63) is 95.6 Å². The molecule has 140 valence electrons. The molecule has 4 rings (SSSR count). The number of carbonyl (C=O) groups excluding carboxylic acids is 2. The molecular formula is C24H22N2O2. The summed E-state index contributed by atoms with van der Waals surface area (Å²) in [7, 11) is 0. The lowest BCUT2D eigenvalue weighted by atomic mass is 10.00. The van der Waals surface area contributed by atoms with Crippen LogP contribution in [0.5, 0.6) is 0 Å². The zero-order chi connectivity index (χ0) is 19.3. The van der Waals surface area contributed by atoms with Crippen LogP contribution in [0.3, 0.4) is 0 Å². The molecule has 2 amide bonds. The first-order chi connectivity index (χ1) is 13.7. The van der Waals surface area contributed by atoms with Crippen LogP contribution in [0, 0.1) is 0 Å². The number of anilines is 2. The van der Waals surface area contributed by atoms with Gasteiger partial charge in [0.1, 0.15) is 0 Å². The maximum atomic E-state index is 12.9. The lowest BCUT2D eigenvalue weighted by molar-refractivity contribution is -0.115. The van der Waals surface area contributed by atoms with Gasteiger partial charge in [-0.25, -0.2) is 0 Å². The Labute approximate surface area is 164 Å². The van der Waals surface area contributed by atoms with Gasteiger partial charge in [-0.1, -0.05) is 48.5 Å². The highest BCUT2D eigenvalue weighted by Gasteiger charge is 2.23. The number of fused-ring (bicyclic) bond motifs is 1. The zero-order valence-electron chi connectivity index (χ0n) is 15.6. The number of rotatable bonds is 4. The van der Waals surface area contributed by atoms with Crippen LogP contribution < -0.4 is 10.2 Å². The van der Waals surface area contributed by atoms with Crippen molar-refractivity contribution in [2.75, 3.05) is 16.8 Å². The van der Waals surface area contributed by atoms with Gasteiger partial charge in [0.05, 0.1) is 6.42 Å². The van der Waals surface area contributed by atoms with Crippen molar-refractivity contribution in [3.63, 3.8) is 0 Å². The van der Waals surface area contributed by atoms with Gasteiger partial charge in [-0.2, -0.15) is 0 Å². The van der Waals surface area contributed by atoms with Crippen molar-refractivity contribution in [2.45, 2.75) is 19.3 Å². The summed E-state index contributed by atoms with van der Waals surface area (Å²) in [5, 5.41) is 2.97. The number of benzene rings is 3. The fraction of sp³-hybridized carbons (Fsp3) is 0.167. The minimum atomic E-state index is -0.0424. The molecule has 0 aromatic heterocycles. The molecule has 4 heteroatoms. The molecule has 3 aromatic rings. The molecule has 0 atom stereocenters. The van der Waals surface area contributed by atoms with Crippen molar-refractivity contribution in [1.29, 1.82) is 0 Å². The monoisotopic (exact) mass is 370 g/mol. The molecule has 0 radical (unpaired) electrons. The Hall–Kier alpha value is -3.40. The van der Waals surface area contributed by atoms with E-state index in [1.54, 1.807) is 0 Å². The van der Waals surface area contributed by atoms with E-state index in [0.717, 1.165) is 35.3 Å². The van der Waals surface area contributed by atoms with E-state index in [4.69, 9.17) is 0 Å². The lowest BCUT2D eigenvalue weighted by Crippen LogP contribution is -2.35. The first-order valence-corrected chi connectivity index (χ1v) is 9.54. The summed E-state index contributed by atoms with van der Waals surface area (Å²) in [5.74, 6) is -0.0263. The molecule has 1 aliphatic rings. The van der Waals surface area contributed by atoms with Crippen molar-refractivity contribution in [3.8, 4) is 0 Å². The molecule has 28 heavy (non-hydrogen) atoms. The molecule has 0 fully saturated rings. The lowest BCUT2D eigenvalue weighted by Gasteiger charge is -2.30. The molecule has 0 spiro atoms. The second-order valence-electron chi connectivity index (χ2n) is 6.98. The Kier molecular flexibility index (Phi) is 5.20. The fourth-order valence-corrected chi connectivity index (χ4v) is 3.61. The van der Waals surface area contributed by atoms with Crippen LogP contribution in [0.25, 0.3) is 0 Å². The molecule has 4 nitrogen and oxygen atoms in total. The topological polar surface area (TPSA) is 49.4 Å². The molecule has 0 saturated carbocycles. The maximum Gasteiger partial charge on any atom is 0.258 e. The van der Waals surface area contributed by atoms with Crippen LogP contribution in [0.15, 0.2) is 78.9 Å². The normalized spacial score (nSPS) is 12.9. The van der Waals surface area contributed by atoms with Crippen molar-refractivity contribution in [1.82, 2.24) is 0 Å². The molecule has 0 unspecified atom stereocenters. The van der Waals surface area contributed by atoms with E-state index >= 15 is 0 Å². The Morgan fingerprint density at radius 3 is 2.36 bits per heavy atom. The first kappa shape index (κ1) is 18.0. The Bertz CT molecular complexity index is 984. The van der Waals surface area contributed by atoms with Crippen LogP contribution >= 0.6 is 0 Å². The highest BCUT2D eigenvalue weighted by molar-refractivity contribution is 6.07. The van der Waals surface area contributed by atoms with Crippen LogP contribution in [0.1, 0.15) is 27.9 Å². The fourth-order valence-electron chi connectivity index (χ4n) is 3.61. The molecule has 0 bridgehead atoms. The molecule has 0 aliphatic carbocycles. The first-order valence-electron chi connectivity index (χ1n) is 9.54. The highest BCUT2D eigenvalue weighted by atomic mass is 16.2. The minimum Gasteiger partial charge on any atom is -0.326 e. The predicted octanol–water partition coefficient (Wildman–Crippen LogP) is 4.46. The third-order valence-corrected chi connectivity index (χ3v) is 4.96. The van der Waals surface area contributed by atoms with E-state index in [2.05, 4.69) is 5.32 Å². The number of nitrogens with zero attached hydrogens (tertiary/aromatic N) is 1. The van der Waals surface area contributed by atoms with Gasteiger partial charge in [0.15, 0.2) is 0 Å². The van der Waals surface area contributed by atoms with Crippen molar-refractivity contribution >= 4 is 23.2 Å². The van der Waals surface area contributed by atoms with Gasteiger partial charge in [-0.15, -0.1) is 0 Å². The SMILES string of the molecule is O=C(Cc1ccccc1)Nc1ccc2c(c1)CCCN2C(=O)c1ccccc1. The predicted molar refractivity (Wildman–Crippen MR) is 112 cm³/mol. The third kappa shape index (κ3) is 3.96. The Morgan fingerprint density at radius 1 is 0.893 bits per heavy atom. The minimum absolute atomic E-state index is 0.0161. The van der Waals surface area contributed by atoms with Gasteiger partial charge in [0.2, 0.25) is 5.91 Å². The summed E-state index contributed by atoms with van der Waals surface area (Å²) < 4.78 is 0. The third-order valence-electron chi connectivity index (χ3n) is 4.96. The molecule has 1 aliphatic heterocycles. The van der Waals surface area contributed by atoms with Gasteiger partial charge < -0.3 is 10.2 Å². The summed E-state index contributed by atoms with van der Waals surface area (Å²) in [5.41, 5.74) is 4.47. The second kappa shape index (κ2) is 8.09. The van der Waals surface area contributed by atoms with E-state index in [9.17, 15) is 9.59 Å². The van der Waals surface area contributed by atoms with Gasteiger partial charge in [0.25, 0.3) is 5.91 Å². The van der Waals surface area contributed by atoms with E-state index in [-0.39, 0.29) is 11.8 Å². The van der Waals surface area contributed by atoms with Crippen LogP contribution in [0.2, 0.25) is 0 Å². The van der Waals surface area contributed by atoms with E-state index < -0.39 is 0 Å². The van der Waals surface area contributed by atoms with E-state index in [1.165, 1.54) is 0 Å². The van der Waals surface area contributed by atoms with Crippen LogP contribution in [0.4, 0.5) is 11.4 Å². The Morgan fingerprint density at radius 2 is 1.61 bits per heavy atom. The van der Waals surface area contributed by atoms with Crippen LogP contribution in [-0.4, -0.2) is 18.4 Å². The number of aryl methyl sites for hydroxylation is 1. The van der Waals surface area contributed by atoms with Crippen LogP contribution in [-0.2, 0) is 17.6 Å².